The van der Waals surface area contributed by atoms with Gasteiger partial charge in [0.05, 0.1) is 18.7 Å². The standard InChI is InChI=1S/C9H8BrN3/c1-7-5-12-13(6-7)8-2-3-11-9(10)4-8/h2-6H,1H3/i1D3,2D,3D,4D,5D,6D. The van der Waals surface area contributed by atoms with Gasteiger partial charge in [0, 0.05) is 16.5 Å². The van der Waals surface area contributed by atoms with E-state index in [0.717, 1.165) is 0 Å². The average Bonchev–Trinajstić information content (AvgIpc) is 2.62. The normalized spacial score (nSPS) is 20.1. The first-order chi connectivity index (χ1) is 9.55. The minimum Gasteiger partial charge on any atom is -0.249 e. The van der Waals surface area contributed by atoms with Gasteiger partial charge in [0.1, 0.15) is 4.60 Å². The molecule has 2 aromatic rings. The van der Waals surface area contributed by atoms with E-state index in [1.165, 1.54) is 0 Å². The van der Waals surface area contributed by atoms with Gasteiger partial charge in [-0.2, -0.15) is 5.10 Å². The van der Waals surface area contributed by atoms with Gasteiger partial charge in [0.15, 0.2) is 0 Å². The van der Waals surface area contributed by atoms with Crippen molar-refractivity contribution in [3.8, 4) is 5.69 Å². The molecule has 13 heavy (non-hydrogen) atoms. The monoisotopic (exact) mass is 245 g/mol. The van der Waals surface area contributed by atoms with E-state index in [1.54, 1.807) is 0 Å². The van der Waals surface area contributed by atoms with Crippen LogP contribution >= 0.6 is 15.9 Å². The third-order valence-corrected chi connectivity index (χ3v) is 1.62. The molecular formula is C9H8BrN3. The average molecular weight is 246 g/mol. The summed E-state index contributed by atoms with van der Waals surface area (Å²) in [7, 11) is 0. The zero-order valence-electron chi connectivity index (χ0n) is 14.2. The van der Waals surface area contributed by atoms with Crippen molar-refractivity contribution < 1.29 is 11.0 Å². The molecule has 0 aromatic carbocycles. The number of pyridine rings is 1. The van der Waals surface area contributed by atoms with Crippen LogP contribution in [0.15, 0.2) is 35.2 Å². The van der Waals surface area contributed by atoms with Gasteiger partial charge in [-0.05, 0) is 40.4 Å². The van der Waals surface area contributed by atoms with Crippen molar-refractivity contribution >= 4 is 15.9 Å². The van der Waals surface area contributed by atoms with Crippen LogP contribution in [0.1, 0.15) is 16.5 Å². The molecule has 4 heteroatoms. The third-order valence-electron chi connectivity index (χ3n) is 1.24. The summed E-state index contributed by atoms with van der Waals surface area (Å²) < 4.78 is 61.2. The topological polar surface area (TPSA) is 30.7 Å². The second-order valence-electron chi connectivity index (χ2n) is 2.12. The van der Waals surface area contributed by atoms with E-state index in [-0.39, 0.29) is 16.3 Å². The van der Waals surface area contributed by atoms with E-state index in [2.05, 4.69) is 26.0 Å². The summed E-state index contributed by atoms with van der Waals surface area (Å²) in [4.78, 5) is 3.61. The number of halogens is 1. The molecule has 0 N–H and O–H groups in total. The highest BCUT2D eigenvalue weighted by Gasteiger charge is 1.98. The Balaban J connectivity index is 2.82. The molecule has 0 saturated heterocycles. The molecule has 0 aliphatic rings. The van der Waals surface area contributed by atoms with Crippen LogP contribution in [0.4, 0.5) is 0 Å². The number of hydrogen-bond acceptors (Lipinski definition) is 2. The van der Waals surface area contributed by atoms with Gasteiger partial charge in [-0.25, -0.2) is 9.67 Å². The molecule has 0 bridgehead atoms. The lowest BCUT2D eigenvalue weighted by atomic mass is 10.4. The molecule has 2 rings (SSSR count). The Kier molecular flexibility index (Phi) is 0.813. The summed E-state index contributed by atoms with van der Waals surface area (Å²) in [5, 5.41) is 3.61. The van der Waals surface area contributed by atoms with Crippen LogP contribution in [0, 0.1) is 6.85 Å². The first kappa shape index (κ1) is 3.20. The fourth-order valence-corrected chi connectivity index (χ4v) is 1.03. The lowest BCUT2D eigenvalue weighted by Crippen LogP contribution is -1.94. The molecule has 0 atom stereocenters. The van der Waals surface area contributed by atoms with E-state index < -0.39 is 37.0 Å². The zero-order chi connectivity index (χ0) is 16.1. The van der Waals surface area contributed by atoms with Crippen LogP contribution < -0.4 is 0 Å². The van der Waals surface area contributed by atoms with E-state index in [4.69, 9.17) is 11.0 Å². The van der Waals surface area contributed by atoms with Gasteiger partial charge in [0.25, 0.3) is 0 Å². The fraction of sp³-hybridized carbons (Fsp3) is 0.111. The molecule has 0 aliphatic carbocycles. The van der Waals surface area contributed by atoms with E-state index in [1.807, 2.05) is 0 Å². The number of rotatable bonds is 1. The Hall–Kier alpha value is -1.16. The predicted molar refractivity (Wildman–Crippen MR) is 53.8 cm³/mol. The third kappa shape index (κ3) is 1.78. The van der Waals surface area contributed by atoms with Crippen molar-refractivity contribution in [2.45, 2.75) is 6.85 Å². The van der Waals surface area contributed by atoms with Crippen molar-refractivity contribution in [1.29, 1.82) is 0 Å². The number of hydrogen-bond donors (Lipinski definition) is 0. The first-order valence-electron chi connectivity index (χ1n) is 7.26. The van der Waals surface area contributed by atoms with E-state index in [9.17, 15) is 0 Å². The predicted octanol–water partition coefficient (Wildman–Crippen LogP) is 2.34. The summed E-state index contributed by atoms with van der Waals surface area (Å²) in [5.74, 6) is 0. The first-order valence-corrected chi connectivity index (χ1v) is 4.05. The Morgan fingerprint density at radius 1 is 1.69 bits per heavy atom. The molecule has 2 aromatic heterocycles. The van der Waals surface area contributed by atoms with Gasteiger partial charge < -0.3 is 0 Å². The maximum Gasteiger partial charge on any atom is 0.108 e. The highest BCUT2D eigenvalue weighted by Crippen LogP contribution is 2.12. The molecule has 0 fully saturated rings. The van der Waals surface area contributed by atoms with Crippen LogP contribution in [0.3, 0.4) is 0 Å². The lowest BCUT2D eigenvalue weighted by Gasteiger charge is -1.99. The minimum absolute atomic E-state index is 0.0321. The van der Waals surface area contributed by atoms with Gasteiger partial charge >= 0.3 is 0 Å². The van der Waals surface area contributed by atoms with E-state index in [0.29, 0.717) is 4.68 Å². The second-order valence-corrected chi connectivity index (χ2v) is 2.87. The summed E-state index contributed by atoms with van der Waals surface area (Å²) in [6, 6.07) is -0.791. The largest absolute Gasteiger partial charge is 0.249 e. The molecule has 3 nitrogen and oxygen atoms in total. The van der Waals surface area contributed by atoms with Crippen molar-refractivity contribution in [3.63, 3.8) is 0 Å². The van der Waals surface area contributed by atoms with Gasteiger partial charge in [-0.15, -0.1) is 0 Å². The van der Waals surface area contributed by atoms with Gasteiger partial charge in [-0.1, -0.05) is 0 Å². The van der Waals surface area contributed by atoms with Crippen LogP contribution in [0.25, 0.3) is 5.69 Å². The number of nitrogens with zero attached hydrogens (tertiary/aromatic N) is 3. The summed E-state index contributed by atoms with van der Waals surface area (Å²) in [5.41, 5.74) is -0.836. The summed E-state index contributed by atoms with van der Waals surface area (Å²) in [6.07, 6.45) is -1.69. The van der Waals surface area contributed by atoms with E-state index >= 15 is 0 Å². The quantitative estimate of drug-likeness (QED) is 0.723. The second kappa shape index (κ2) is 3.30. The van der Waals surface area contributed by atoms with Crippen molar-refractivity contribution in [2.75, 3.05) is 0 Å². The molecule has 0 amide bonds. The minimum atomic E-state index is -2.70. The van der Waals surface area contributed by atoms with Crippen LogP contribution in [0.2, 0.25) is 0 Å². The molecule has 0 saturated carbocycles. The van der Waals surface area contributed by atoms with Crippen LogP contribution in [-0.2, 0) is 0 Å². The maximum atomic E-state index is 7.85. The molecule has 2 heterocycles. The Morgan fingerprint density at radius 3 is 3.38 bits per heavy atom. The Labute approximate surface area is 95.8 Å². The zero-order valence-corrected chi connectivity index (χ0v) is 7.81. The fourth-order valence-electron chi connectivity index (χ4n) is 0.755. The molecule has 0 aliphatic heterocycles. The molecule has 0 radical (unpaired) electrons. The Bertz CT molecular complexity index is 697. The van der Waals surface area contributed by atoms with Crippen LogP contribution in [0.5, 0.6) is 0 Å². The van der Waals surface area contributed by atoms with Crippen molar-refractivity contribution in [1.82, 2.24) is 14.8 Å². The van der Waals surface area contributed by atoms with Crippen molar-refractivity contribution in [3.05, 3.63) is 40.8 Å². The van der Waals surface area contributed by atoms with Crippen LogP contribution in [-0.4, -0.2) is 14.8 Å². The number of aromatic nitrogens is 3. The van der Waals surface area contributed by atoms with Gasteiger partial charge in [0.2, 0.25) is 0 Å². The molecule has 0 unspecified atom stereocenters. The smallest absolute Gasteiger partial charge is 0.108 e. The Morgan fingerprint density at radius 2 is 2.62 bits per heavy atom. The molecular weight excluding hydrogens is 230 g/mol. The summed E-state index contributed by atoms with van der Waals surface area (Å²) in [6.45, 7) is -2.70. The van der Waals surface area contributed by atoms with Crippen molar-refractivity contribution in [2.24, 2.45) is 0 Å². The summed E-state index contributed by atoms with van der Waals surface area (Å²) >= 11 is 2.96. The molecule has 0 spiro atoms. The highest BCUT2D eigenvalue weighted by atomic mass is 79.9. The van der Waals surface area contributed by atoms with Gasteiger partial charge in [-0.3, -0.25) is 0 Å². The maximum absolute atomic E-state index is 7.85. The SMILES string of the molecule is [2H]c1nc(Br)c([2H])c(-n2nc([2H])c(C([2H])([2H])[2H])c2[2H])c1[2H]. The lowest BCUT2D eigenvalue weighted by molar-refractivity contribution is 0.876. The molecule has 66 valence electrons. The highest BCUT2D eigenvalue weighted by molar-refractivity contribution is 9.10.